The molecule has 2 aromatic heterocycles. The number of halogens is 1. The van der Waals surface area contributed by atoms with Crippen LogP contribution in [0, 0.1) is 0 Å². The number of aliphatic hydroxyl groups excluding tert-OH is 1. The van der Waals surface area contributed by atoms with Gasteiger partial charge in [-0.05, 0) is 70.4 Å². The Morgan fingerprint density at radius 3 is 2.83 bits per heavy atom. The van der Waals surface area contributed by atoms with Crippen molar-refractivity contribution in [1.29, 1.82) is 0 Å². The smallest absolute Gasteiger partial charge is 0.123 e. The highest BCUT2D eigenvalue weighted by Crippen LogP contribution is 2.33. The van der Waals surface area contributed by atoms with E-state index in [4.69, 9.17) is 0 Å². The molecule has 0 aliphatic rings. The van der Waals surface area contributed by atoms with Gasteiger partial charge in [-0.1, -0.05) is 19.9 Å². The summed E-state index contributed by atoms with van der Waals surface area (Å²) in [6, 6.07) is 8.06. The maximum Gasteiger partial charge on any atom is 0.123 e. The van der Waals surface area contributed by atoms with Crippen LogP contribution < -0.4 is 0 Å². The van der Waals surface area contributed by atoms with Crippen molar-refractivity contribution in [3.05, 3.63) is 57.3 Å². The number of aromatic nitrogens is 2. The Morgan fingerprint density at radius 2 is 2.08 bits per heavy atom. The number of fused-ring (bicyclic) bond motifs is 1. The second-order valence-corrected chi connectivity index (χ2v) is 8.16. The zero-order valence-corrected chi connectivity index (χ0v) is 16.3. The van der Waals surface area contributed by atoms with Crippen molar-refractivity contribution < 1.29 is 5.11 Å². The summed E-state index contributed by atoms with van der Waals surface area (Å²) in [6.45, 7) is 4.40. The first-order valence-electron chi connectivity index (χ1n) is 8.22. The van der Waals surface area contributed by atoms with E-state index in [9.17, 15) is 5.11 Å². The molecule has 0 saturated heterocycles. The van der Waals surface area contributed by atoms with Crippen LogP contribution in [0.3, 0.4) is 0 Å². The van der Waals surface area contributed by atoms with Gasteiger partial charge in [-0.15, -0.1) is 11.3 Å². The molecule has 3 rings (SSSR count). The fraction of sp³-hybridized carbons (Fsp3) is 0.368. The van der Waals surface area contributed by atoms with Crippen LogP contribution in [-0.4, -0.2) is 15.1 Å². The molecule has 0 amide bonds. The first-order valence-corrected chi connectivity index (χ1v) is 9.83. The van der Waals surface area contributed by atoms with Crippen molar-refractivity contribution >= 4 is 37.5 Å². The molecule has 24 heavy (non-hydrogen) atoms. The molecule has 2 heterocycles. The van der Waals surface area contributed by atoms with Crippen LogP contribution in [0.4, 0.5) is 0 Å². The summed E-state index contributed by atoms with van der Waals surface area (Å²) in [5, 5.41) is 11.3. The summed E-state index contributed by atoms with van der Waals surface area (Å²) in [5.74, 6) is 0.495. The standard InChI is InChI=1S/C19H21BrN2OS/c1-12(2)14-9-10-21-11-13(14)5-3-8-17(23)19-22-16-7-4-6-15(20)18(16)24-19/h4,6-7,9-12,17,23H,3,5,8H2,1-2H3. The SMILES string of the molecule is CC(C)c1ccncc1CCCC(O)c1nc2cccc(Br)c2s1. The van der Waals surface area contributed by atoms with Gasteiger partial charge in [-0.25, -0.2) is 4.98 Å². The number of rotatable bonds is 6. The Bertz CT molecular complexity index is 831. The molecule has 0 bridgehead atoms. The molecular weight excluding hydrogens is 384 g/mol. The van der Waals surface area contributed by atoms with Crippen LogP contribution in [0.15, 0.2) is 41.1 Å². The van der Waals surface area contributed by atoms with E-state index in [1.807, 2.05) is 30.6 Å². The minimum Gasteiger partial charge on any atom is -0.386 e. The highest BCUT2D eigenvalue weighted by Gasteiger charge is 2.15. The van der Waals surface area contributed by atoms with E-state index < -0.39 is 6.10 Å². The van der Waals surface area contributed by atoms with E-state index in [0.717, 1.165) is 32.5 Å². The van der Waals surface area contributed by atoms with Gasteiger partial charge in [0.05, 0.1) is 10.2 Å². The minimum absolute atomic E-state index is 0.495. The van der Waals surface area contributed by atoms with Gasteiger partial charge < -0.3 is 5.11 Å². The van der Waals surface area contributed by atoms with Gasteiger partial charge in [-0.3, -0.25) is 4.98 Å². The van der Waals surface area contributed by atoms with E-state index in [1.54, 1.807) is 11.3 Å². The van der Waals surface area contributed by atoms with E-state index in [2.05, 4.69) is 45.8 Å². The lowest BCUT2D eigenvalue weighted by atomic mass is 9.95. The number of hydrogen-bond acceptors (Lipinski definition) is 4. The van der Waals surface area contributed by atoms with Gasteiger partial charge in [0, 0.05) is 16.9 Å². The maximum atomic E-state index is 10.5. The molecule has 0 spiro atoms. The minimum atomic E-state index is -0.506. The lowest BCUT2D eigenvalue weighted by molar-refractivity contribution is 0.164. The van der Waals surface area contributed by atoms with Crippen LogP contribution in [0.5, 0.6) is 0 Å². The van der Waals surface area contributed by atoms with Crippen molar-refractivity contribution in [1.82, 2.24) is 9.97 Å². The monoisotopic (exact) mass is 404 g/mol. The average Bonchev–Trinajstić information content (AvgIpc) is 3.01. The van der Waals surface area contributed by atoms with Gasteiger partial charge in [0.15, 0.2) is 0 Å². The summed E-state index contributed by atoms with van der Waals surface area (Å²) in [4.78, 5) is 8.82. The van der Waals surface area contributed by atoms with Crippen molar-refractivity contribution in [2.24, 2.45) is 0 Å². The largest absolute Gasteiger partial charge is 0.386 e. The quantitative estimate of drug-likeness (QED) is 0.578. The zero-order chi connectivity index (χ0) is 17.1. The number of hydrogen-bond donors (Lipinski definition) is 1. The fourth-order valence-corrected chi connectivity index (χ4v) is 4.48. The van der Waals surface area contributed by atoms with Crippen molar-refractivity contribution in [3.8, 4) is 0 Å². The van der Waals surface area contributed by atoms with E-state index >= 15 is 0 Å². The molecular formula is C19H21BrN2OS. The van der Waals surface area contributed by atoms with E-state index in [-0.39, 0.29) is 0 Å². The molecule has 126 valence electrons. The predicted octanol–water partition coefficient (Wildman–Crippen LogP) is 5.63. The molecule has 1 aromatic carbocycles. The van der Waals surface area contributed by atoms with Gasteiger partial charge >= 0.3 is 0 Å². The molecule has 0 saturated carbocycles. The Kier molecular flexibility index (Phi) is 5.64. The number of thiazole rings is 1. The first kappa shape index (κ1) is 17.5. The first-order chi connectivity index (χ1) is 11.6. The molecule has 0 radical (unpaired) electrons. The van der Waals surface area contributed by atoms with Crippen LogP contribution >= 0.6 is 27.3 Å². The van der Waals surface area contributed by atoms with Crippen molar-refractivity contribution in [2.75, 3.05) is 0 Å². The van der Waals surface area contributed by atoms with Crippen molar-refractivity contribution in [3.63, 3.8) is 0 Å². The Labute approximate surface area is 154 Å². The topological polar surface area (TPSA) is 46.0 Å². The van der Waals surface area contributed by atoms with Gasteiger partial charge in [-0.2, -0.15) is 0 Å². The van der Waals surface area contributed by atoms with Gasteiger partial charge in [0.25, 0.3) is 0 Å². The molecule has 0 aliphatic heterocycles. The van der Waals surface area contributed by atoms with Crippen LogP contribution in [0.2, 0.25) is 0 Å². The second-order valence-electron chi connectivity index (χ2n) is 6.28. The van der Waals surface area contributed by atoms with Gasteiger partial charge in [0.2, 0.25) is 0 Å². The Morgan fingerprint density at radius 1 is 1.25 bits per heavy atom. The molecule has 1 N–H and O–H groups in total. The normalized spacial score (nSPS) is 12.9. The molecule has 3 aromatic rings. The average molecular weight is 405 g/mol. The lowest BCUT2D eigenvalue weighted by Gasteiger charge is -2.12. The summed E-state index contributed by atoms with van der Waals surface area (Å²) < 4.78 is 2.13. The second kappa shape index (κ2) is 7.72. The van der Waals surface area contributed by atoms with Crippen LogP contribution in [0.25, 0.3) is 10.2 Å². The van der Waals surface area contributed by atoms with Crippen LogP contribution in [0.1, 0.15) is 54.8 Å². The molecule has 1 atom stereocenters. The number of pyridine rings is 1. The van der Waals surface area contributed by atoms with E-state index in [1.165, 1.54) is 11.1 Å². The molecule has 0 aliphatic carbocycles. The third kappa shape index (κ3) is 3.85. The Balaban J connectivity index is 1.65. The summed E-state index contributed by atoms with van der Waals surface area (Å²) in [7, 11) is 0. The van der Waals surface area contributed by atoms with Gasteiger partial charge in [0.1, 0.15) is 11.1 Å². The molecule has 3 nitrogen and oxygen atoms in total. The highest BCUT2D eigenvalue weighted by molar-refractivity contribution is 9.10. The maximum absolute atomic E-state index is 10.5. The number of nitrogens with zero attached hydrogens (tertiary/aromatic N) is 2. The zero-order valence-electron chi connectivity index (χ0n) is 13.9. The summed E-state index contributed by atoms with van der Waals surface area (Å²) in [5.41, 5.74) is 3.58. The third-order valence-electron chi connectivity index (χ3n) is 4.16. The van der Waals surface area contributed by atoms with Crippen LogP contribution in [-0.2, 0) is 6.42 Å². The Hall–Kier alpha value is -1.30. The fourth-order valence-electron chi connectivity index (χ4n) is 2.89. The number of aryl methyl sites for hydroxylation is 1. The number of aliphatic hydroxyl groups is 1. The lowest BCUT2D eigenvalue weighted by Crippen LogP contribution is -2.01. The summed E-state index contributed by atoms with van der Waals surface area (Å²) >= 11 is 5.11. The third-order valence-corrected chi connectivity index (χ3v) is 6.28. The number of benzene rings is 1. The summed E-state index contributed by atoms with van der Waals surface area (Å²) in [6.07, 6.45) is 5.87. The van der Waals surface area contributed by atoms with E-state index in [0.29, 0.717) is 12.3 Å². The molecule has 1 unspecified atom stereocenters. The molecule has 5 heteroatoms. The van der Waals surface area contributed by atoms with Crippen molar-refractivity contribution in [2.45, 2.75) is 45.1 Å². The predicted molar refractivity (Wildman–Crippen MR) is 104 cm³/mol. The molecule has 0 fully saturated rings. The highest BCUT2D eigenvalue weighted by atomic mass is 79.9.